The lowest BCUT2D eigenvalue weighted by Crippen LogP contribution is -2.37. The molecule has 5 heteroatoms. The van der Waals surface area contributed by atoms with Crippen LogP contribution in [0.1, 0.15) is 29.5 Å². The lowest BCUT2D eigenvalue weighted by atomic mass is 10.0. The first kappa shape index (κ1) is 15.3. The van der Waals surface area contributed by atoms with Crippen LogP contribution < -0.4 is 0 Å². The van der Waals surface area contributed by atoms with Gasteiger partial charge in [0.05, 0.1) is 18.2 Å². The summed E-state index contributed by atoms with van der Waals surface area (Å²) in [5.41, 5.74) is 3.19. The van der Waals surface area contributed by atoms with E-state index >= 15 is 0 Å². The number of carbonyl (C=O) groups excluding carboxylic acids is 2. The van der Waals surface area contributed by atoms with E-state index in [0.717, 1.165) is 24.0 Å². The monoisotopic (exact) mass is 319 g/mol. The van der Waals surface area contributed by atoms with Gasteiger partial charge in [-0.2, -0.15) is 0 Å². The molecule has 4 nitrogen and oxygen atoms in total. The normalized spacial score (nSPS) is 22.1. The maximum Gasteiger partial charge on any atom is 0.273 e. The summed E-state index contributed by atoms with van der Waals surface area (Å²) in [6, 6.07) is 5.66. The van der Waals surface area contributed by atoms with Crippen LogP contribution in [0.15, 0.2) is 23.2 Å². The maximum absolute atomic E-state index is 12.6. The average Bonchev–Trinajstić information content (AvgIpc) is 3.06. The Kier molecular flexibility index (Phi) is 4.06. The molecule has 2 heterocycles. The second kappa shape index (κ2) is 5.86. The van der Waals surface area contributed by atoms with Crippen molar-refractivity contribution in [1.82, 2.24) is 4.90 Å². The fourth-order valence-corrected chi connectivity index (χ4v) is 3.14. The van der Waals surface area contributed by atoms with Crippen LogP contribution in [0.2, 0.25) is 0 Å². The van der Waals surface area contributed by atoms with E-state index in [9.17, 15) is 9.59 Å². The summed E-state index contributed by atoms with van der Waals surface area (Å²) in [4.78, 5) is 26.1. The number of hydrogen-bond donors (Lipinski definition) is 0. The molecule has 22 heavy (non-hydrogen) atoms. The number of halogens is 1. The van der Waals surface area contributed by atoms with Crippen LogP contribution in [-0.4, -0.2) is 36.0 Å². The van der Waals surface area contributed by atoms with E-state index in [0.29, 0.717) is 17.7 Å². The minimum absolute atomic E-state index is 0.00579. The third kappa shape index (κ3) is 2.57. The molecule has 1 saturated heterocycles. The SMILES string of the molecule is Cc1ccc(C2=C(Cl)C(=O)N(CC3CCCO3)C2=O)cc1C. The van der Waals surface area contributed by atoms with Gasteiger partial charge in [0.25, 0.3) is 11.8 Å². The molecule has 1 unspecified atom stereocenters. The van der Waals surface area contributed by atoms with E-state index in [1.165, 1.54) is 4.90 Å². The van der Waals surface area contributed by atoms with Crippen LogP contribution >= 0.6 is 11.6 Å². The average molecular weight is 320 g/mol. The molecule has 0 bridgehead atoms. The number of benzene rings is 1. The zero-order valence-electron chi connectivity index (χ0n) is 12.7. The van der Waals surface area contributed by atoms with E-state index in [4.69, 9.17) is 16.3 Å². The Labute approximate surface area is 134 Å². The molecule has 2 aliphatic heterocycles. The molecular weight excluding hydrogens is 302 g/mol. The largest absolute Gasteiger partial charge is 0.376 e. The zero-order valence-corrected chi connectivity index (χ0v) is 13.4. The van der Waals surface area contributed by atoms with Crippen molar-refractivity contribution >= 4 is 29.0 Å². The molecule has 1 aromatic carbocycles. The van der Waals surface area contributed by atoms with Gasteiger partial charge >= 0.3 is 0 Å². The second-order valence-electron chi connectivity index (χ2n) is 5.84. The topological polar surface area (TPSA) is 46.6 Å². The third-order valence-electron chi connectivity index (χ3n) is 4.32. The Morgan fingerprint density at radius 1 is 1.23 bits per heavy atom. The number of carbonyl (C=O) groups is 2. The van der Waals surface area contributed by atoms with Crippen molar-refractivity contribution in [2.75, 3.05) is 13.2 Å². The number of aryl methyl sites for hydroxylation is 2. The first-order chi connectivity index (χ1) is 10.5. The standard InChI is InChI=1S/C17H18ClNO3/c1-10-5-6-12(8-11(10)2)14-15(18)17(21)19(16(14)20)9-13-4-3-7-22-13/h5-6,8,13H,3-4,7,9H2,1-2H3. The lowest BCUT2D eigenvalue weighted by Gasteiger charge is -2.18. The van der Waals surface area contributed by atoms with Gasteiger partial charge in [0, 0.05) is 6.61 Å². The molecule has 116 valence electrons. The molecule has 1 fully saturated rings. The quantitative estimate of drug-likeness (QED) is 0.805. The smallest absolute Gasteiger partial charge is 0.273 e. The molecule has 0 aromatic heterocycles. The summed E-state index contributed by atoms with van der Waals surface area (Å²) in [6.45, 7) is 4.94. The molecule has 2 aliphatic rings. The van der Waals surface area contributed by atoms with Gasteiger partial charge in [-0.15, -0.1) is 0 Å². The van der Waals surface area contributed by atoms with Crippen LogP contribution in [0, 0.1) is 13.8 Å². The van der Waals surface area contributed by atoms with Gasteiger partial charge in [-0.1, -0.05) is 29.8 Å². The van der Waals surface area contributed by atoms with E-state index in [2.05, 4.69) is 0 Å². The van der Waals surface area contributed by atoms with Crippen LogP contribution in [-0.2, 0) is 14.3 Å². The Morgan fingerprint density at radius 3 is 2.64 bits per heavy atom. The molecular formula is C17H18ClNO3. The van der Waals surface area contributed by atoms with Crippen molar-refractivity contribution in [2.24, 2.45) is 0 Å². The summed E-state index contributed by atoms with van der Waals surface area (Å²) in [5.74, 6) is -0.746. The highest BCUT2D eigenvalue weighted by molar-refractivity contribution is 6.55. The van der Waals surface area contributed by atoms with Crippen molar-refractivity contribution < 1.29 is 14.3 Å². The molecule has 0 N–H and O–H groups in total. The Morgan fingerprint density at radius 2 is 2.00 bits per heavy atom. The molecule has 0 saturated carbocycles. The van der Waals surface area contributed by atoms with Crippen molar-refractivity contribution in [3.05, 3.63) is 39.9 Å². The molecule has 0 radical (unpaired) electrons. The predicted octanol–water partition coefficient (Wildman–Crippen LogP) is 2.80. The predicted molar refractivity (Wildman–Crippen MR) is 84.4 cm³/mol. The van der Waals surface area contributed by atoms with Gasteiger partial charge in [0.15, 0.2) is 0 Å². The Bertz CT molecular complexity index is 674. The zero-order chi connectivity index (χ0) is 15.9. The summed E-state index contributed by atoms with van der Waals surface area (Å²) in [5, 5.41) is 0.00579. The summed E-state index contributed by atoms with van der Waals surface area (Å²) >= 11 is 6.16. The highest BCUT2D eigenvalue weighted by Gasteiger charge is 2.39. The van der Waals surface area contributed by atoms with E-state index in [1.807, 2.05) is 32.0 Å². The van der Waals surface area contributed by atoms with Crippen molar-refractivity contribution in [3.63, 3.8) is 0 Å². The van der Waals surface area contributed by atoms with E-state index in [1.54, 1.807) is 0 Å². The number of amides is 2. The number of rotatable bonds is 3. The number of ether oxygens (including phenoxy) is 1. The lowest BCUT2D eigenvalue weighted by molar-refractivity contribution is -0.138. The summed E-state index contributed by atoms with van der Waals surface area (Å²) in [7, 11) is 0. The van der Waals surface area contributed by atoms with Gasteiger partial charge in [-0.05, 0) is 43.4 Å². The van der Waals surface area contributed by atoms with Gasteiger partial charge in [-0.25, -0.2) is 0 Å². The minimum atomic E-state index is -0.421. The fourth-order valence-electron chi connectivity index (χ4n) is 2.85. The molecule has 0 aliphatic carbocycles. The fraction of sp³-hybridized carbons (Fsp3) is 0.412. The van der Waals surface area contributed by atoms with Crippen LogP contribution in [0.25, 0.3) is 5.57 Å². The number of imide groups is 1. The first-order valence-electron chi connectivity index (χ1n) is 7.44. The van der Waals surface area contributed by atoms with Crippen molar-refractivity contribution in [1.29, 1.82) is 0 Å². The van der Waals surface area contributed by atoms with Gasteiger partial charge < -0.3 is 4.74 Å². The highest BCUT2D eigenvalue weighted by atomic mass is 35.5. The van der Waals surface area contributed by atoms with Crippen molar-refractivity contribution in [3.8, 4) is 0 Å². The van der Waals surface area contributed by atoms with Crippen LogP contribution in [0.4, 0.5) is 0 Å². The van der Waals surface area contributed by atoms with Crippen LogP contribution in [0.5, 0.6) is 0 Å². The molecule has 2 amide bonds. The van der Waals surface area contributed by atoms with E-state index in [-0.39, 0.29) is 23.6 Å². The molecule has 1 aromatic rings. The Balaban J connectivity index is 1.89. The second-order valence-corrected chi connectivity index (χ2v) is 6.22. The van der Waals surface area contributed by atoms with Crippen molar-refractivity contribution in [2.45, 2.75) is 32.8 Å². The van der Waals surface area contributed by atoms with Crippen LogP contribution in [0.3, 0.4) is 0 Å². The molecule has 3 rings (SSSR count). The summed E-state index contributed by atoms with van der Waals surface area (Å²) in [6.07, 6.45) is 1.76. The third-order valence-corrected chi connectivity index (χ3v) is 4.67. The highest BCUT2D eigenvalue weighted by Crippen LogP contribution is 2.33. The molecule has 0 spiro atoms. The number of hydrogen-bond acceptors (Lipinski definition) is 3. The minimum Gasteiger partial charge on any atom is -0.376 e. The molecule has 1 atom stereocenters. The van der Waals surface area contributed by atoms with Gasteiger partial charge in [0.2, 0.25) is 0 Å². The summed E-state index contributed by atoms with van der Waals surface area (Å²) < 4.78 is 5.51. The van der Waals surface area contributed by atoms with Gasteiger partial charge in [0.1, 0.15) is 5.03 Å². The number of nitrogens with zero attached hydrogens (tertiary/aromatic N) is 1. The first-order valence-corrected chi connectivity index (χ1v) is 7.82. The Hall–Kier alpha value is -1.65. The maximum atomic E-state index is 12.6. The van der Waals surface area contributed by atoms with Gasteiger partial charge in [-0.3, -0.25) is 14.5 Å². The van der Waals surface area contributed by atoms with E-state index < -0.39 is 5.91 Å².